The van der Waals surface area contributed by atoms with Gasteiger partial charge in [-0.15, -0.1) is 0 Å². The molecule has 4 aromatic rings. The van der Waals surface area contributed by atoms with Crippen molar-refractivity contribution in [3.63, 3.8) is 0 Å². The molecule has 1 aliphatic heterocycles. The van der Waals surface area contributed by atoms with Gasteiger partial charge >= 0.3 is 5.69 Å². The Morgan fingerprint density at radius 1 is 1.18 bits per heavy atom. The molecule has 1 unspecified atom stereocenters. The first-order valence-electron chi connectivity index (χ1n) is 10.6. The summed E-state index contributed by atoms with van der Waals surface area (Å²) in [7, 11) is -3.54. The lowest BCUT2D eigenvalue weighted by Gasteiger charge is -2.15. The van der Waals surface area contributed by atoms with E-state index in [-0.39, 0.29) is 18.3 Å². The number of fused-ring (bicyclic) bond motifs is 1. The van der Waals surface area contributed by atoms with Crippen molar-refractivity contribution >= 4 is 32.7 Å². The van der Waals surface area contributed by atoms with Gasteiger partial charge in [0.1, 0.15) is 11.5 Å². The summed E-state index contributed by atoms with van der Waals surface area (Å²) in [5.74, 6) is 1.17. The SMILES string of the molecule is C=CS(=O)(=O)N1CCC(n2c(=O)[nH]c3c(-c4ccc(Oc5ccccc5)c(Cl)c4)nccc32)C1. The molecule has 1 fully saturated rings. The van der Waals surface area contributed by atoms with Crippen molar-refractivity contribution in [2.24, 2.45) is 0 Å². The van der Waals surface area contributed by atoms with Crippen molar-refractivity contribution in [1.82, 2.24) is 18.8 Å². The summed E-state index contributed by atoms with van der Waals surface area (Å²) in [5, 5.41) is 1.34. The fourth-order valence-corrected chi connectivity index (χ4v) is 5.41. The summed E-state index contributed by atoms with van der Waals surface area (Å²) in [6.07, 6.45) is 2.14. The fraction of sp³-hybridized carbons (Fsp3) is 0.167. The first kappa shape index (κ1) is 22.4. The quantitative estimate of drug-likeness (QED) is 0.422. The molecule has 2 aromatic heterocycles. The van der Waals surface area contributed by atoms with Gasteiger partial charge in [-0.2, -0.15) is 4.31 Å². The number of para-hydroxylation sites is 1. The van der Waals surface area contributed by atoms with E-state index in [1.807, 2.05) is 36.4 Å². The first-order chi connectivity index (χ1) is 16.4. The van der Waals surface area contributed by atoms with Crippen LogP contribution in [-0.2, 0) is 10.0 Å². The highest BCUT2D eigenvalue weighted by Crippen LogP contribution is 2.35. The number of halogens is 1. The van der Waals surface area contributed by atoms with Crippen LogP contribution in [0.15, 0.2) is 77.6 Å². The zero-order chi connectivity index (χ0) is 23.9. The molecule has 0 aliphatic carbocycles. The summed E-state index contributed by atoms with van der Waals surface area (Å²) < 4.78 is 33.1. The number of ether oxygens (including phenoxy) is 1. The lowest BCUT2D eigenvalue weighted by atomic mass is 10.1. The summed E-state index contributed by atoms with van der Waals surface area (Å²) in [4.78, 5) is 20.3. The third-order valence-electron chi connectivity index (χ3n) is 5.88. The van der Waals surface area contributed by atoms with E-state index in [1.165, 1.54) is 4.31 Å². The van der Waals surface area contributed by atoms with E-state index in [0.717, 1.165) is 5.41 Å². The largest absolute Gasteiger partial charge is 0.456 e. The zero-order valence-corrected chi connectivity index (χ0v) is 19.6. The van der Waals surface area contributed by atoms with Crippen LogP contribution >= 0.6 is 11.6 Å². The van der Waals surface area contributed by atoms with Gasteiger partial charge in [0.25, 0.3) is 0 Å². The molecular weight excluding hydrogens is 476 g/mol. The molecule has 1 N–H and O–H groups in total. The Morgan fingerprint density at radius 3 is 2.71 bits per heavy atom. The topological polar surface area (TPSA) is 97.3 Å². The number of aromatic nitrogens is 3. The number of hydrogen-bond donors (Lipinski definition) is 1. The minimum atomic E-state index is -3.54. The minimum absolute atomic E-state index is 0.205. The van der Waals surface area contributed by atoms with Crippen molar-refractivity contribution in [2.45, 2.75) is 12.5 Å². The lowest BCUT2D eigenvalue weighted by Crippen LogP contribution is -2.29. The average Bonchev–Trinajstić information content (AvgIpc) is 3.45. The molecule has 34 heavy (non-hydrogen) atoms. The van der Waals surface area contributed by atoms with E-state index < -0.39 is 10.0 Å². The van der Waals surface area contributed by atoms with Gasteiger partial charge < -0.3 is 9.72 Å². The molecule has 0 radical (unpaired) electrons. The maximum absolute atomic E-state index is 12.9. The highest BCUT2D eigenvalue weighted by Gasteiger charge is 2.32. The number of pyridine rings is 1. The van der Waals surface area contributed by atoms with Gasteiger partial charge in [0, 0.05) is 30.3 Å². The Labute approximate surface area is 201 Å². The number of imidazole rings is 1. The predicted molar refractivity (Wildman–Crippen MR) is 132 cm³/mol. The second-order valence-corrected chi connectivity index (χ2v) is 10.2. The van der Waals surface area contributed by atoms with Crippen LogP contribution < -0.4 is 10.4 Å². The molecular formula is C24H21ClN4O4S. The van der Waals surface area contributed by atoms with Crippen molar-refractivity contribution in [1.29, 1.82) is 0 Å². The number of nitrogens with zero attached hydrogens (tertiary/aromatic N) is 3. The number of rotatable bonds is 6. The normalized spacial score (nSPS) is 16.7. The van der Waals surface area contributed by atoms with Crippen molar-refractivity contribution in [3.8, 4) is 22.8 Å². The van der Waals surface area contributed by atoms with E-state index in [2.05, 4.69) is 16.5 Å². The van der Waals surface area contributed by atoms with Gasteiger partial charge in [0.15, 0.2) is 0 Å². The van der Waals surface area contributed by atoms with Gasteiger partial charge in [-0.3, -0.25) is 9.55 Å². The maximum atomic E-state index is 12.9. The standard InChI is InChI=1S/C24H21ClN4O4S/c1-2-34(31,32)28-13-11-17(15-28)29-20-10-12-26-22(23(20)27-24(29)30)16-8-9-21(19(25)14-16)33-18-6-4-3-5-7-18/h2-10,12,14,17H,1,11,13,15H2,(H,27,30). The van der Waals surface area contributed by atoms with Crippen LogP contribution in [-0.4, -0.2) is 40.3 Å². The maximum Gasteiger partial charge on any atom is 0.326 e. The van der Waals surface area contributed by atoms with Crippen LogP contribution in [0.1, 0.15) is 12.5 Å². The third kappa shape index (κ3) is 4.02. The van der Waals surface area contributed by atoms with Crippen molar-refractivity contribution < 1.29 is 13.2 Å². The number of hydrogen-bond acceptors (Lipinski definition) is 5. The smallest absolute Gasteiger partial charge is 0.326 e. The summed E-state index contributed by atoms with van der Waals surface area (Å²) in [6, 6.07) is 16.1. The van der Waals surface area contributed by atoms with E-state index in [0.29, 0.717) is 51.8 Å². The van der Waals surface area contributed by atoms with E-state index in [1.54, 1.807) is 29.0 Å². The third-order valence-corrected chi connectivity index (χ3v) is 7.65. The molecule has 8 nitrogen and oxygen atoms in total. The monoisotopic (exact) mass is 496 g/mol. The van der Waals surface area contributed by atoms with Crippen LogP contribution in [0.3, 0.4) is 0 Å². The predicted octanol–water partition coefficient (Wildman–Crippen LogP) is 4.56. The Hall–Kier alpha value is -3.40. The van der Waals surface area contributed by atoms with Gasteiger partial charge in [0.05, 0.1) is 27.8 Å². The Kier molecular flexibility index (Phi) is 5.76. The van der Waals surface area contributed by atoms with E-state index >= 15 is 0 Å². The molecule has 174 valence electrons. The van der Waals surface area contributed by atoms with E-state index in [4.69, 9.17) is 16.3 Å². The number of aromatic amines is 1. The zero-order valence-electron chi connectivity index (χ0n) is 18.0. The lowest BCUT2D eigenvalue weighted by molar-refractivity contribution is 0.458. The average molecular weight is 497 g/mol. The second kappa shape index (κ2) is 8.75. The Bertz CT molecular complexity index is 1550. The Morgan fingerprint density at radius 2 is 1.97 bits per heavy atom. The molecule has 0 spiro atoms. The van der Waals surface area contributed by atoms with Gasteiger partial charge in [-0.25, -0.2) is 13.2 Å². The molecule has 0 amide bonds. The van der Waals surface area contributed by atoms with Crippen LogP contribution in [0.25, 0.3) is 22.3 Å². The fourth-order valence-electron chi connectivity index (χ4n) is 4.24. The molecule has 1 atom stereocenters. The van der Waals surface area contributed by atoms with E-state index in [9.17, 15) is 13.2 Å². The minimum Gasteiger partial charge on any atom is -0.456 e. The Balaban J connectivity index is 1.50. The summed E-state index contributed by atoms with van der Waals surface area (Å²) in [5.41, 5.74) is 2.17. The van der Waals surface area contributed by atoms with Gasteiger partial charge in [-0.05, 0) is 42.8 Å². The molecule has 3 heterocycles. The highest BCUT2D eigenvalue weighted by molar-refractivity contribution is 7.92. The molecule has 0 saturated carbocycles. The second-order valence-electron chi connectivity index (χ2n) is 7.93. The van der Waals surface area contributed by atoms with Crippen LogP contribution in [0.5, 0.6) is 11.5 Å². The van der Waals surface area contributed by atoms with Crippen molar-refractivity contribution in [3.05, 3.63) is 88.3 Å². The molecule has 2 aromatic carbocycles. The molecule has 1 saturated heterocycles. The number of nitrogens with one attached hydrogen (secondary N) is 1. The van der Waals surface area contributed by atoms with Crippen molar-refractivity contribution in [2.75, 3.05) is 13.1 Å². The highest BCUT2D eigenvalue weighted by atomic mass is 35.5. The number of benzene rings is 2. The summed E-state index contributed by atoms with van der Waals surface area (Å²) >= 11 is 6.49. The van der Waals surface area contributed by atoms with Gasteiger partial charge in [-0.1, -0.05) is 36.4 Å². The van der Waals surface area contributed by atoms with Gasteiger partial charge in [0.2, 0.25) is 10.0 Å². The molecule has 1 aliphatic rings. The summed E-state index contributed by atoms with van der Waals surface area (Å²) in [6.45, 7) is 3.91. The van der Waals surface area contributed by atoms with Crippen LogP contribution in [0, 0.1) is 0 Å². The van der Waals surface area contributed by atoms with Crippen LogP contribution in [0.4, 0.5) is 0 Å². The molecule has 0 bridgehead atoms. The first-order valence-corrected chi connectivity index (χ1v) is 12.5. The molecule has 10 heteroatoms. The number of sulfonamides is 1. The van der Waals surface area contributed by atoms with Crippen LogP contribution in [0.2, 0.25) is 5.02 Å². The number of H-pyrrole nitrogens is 1. The molecule has 5 rings (SSSR count).